The third-order valence-corrected chi connectivity index (χ3v) is 6.44. The van der Waals surface area contributed by atoms with Crippen molar-refractivity contribution >= 4 is 23.4 Å². The number of carboxylic acids is 1. The molecule has 1 aliphatic carbocycles. The average Bonchev–Trinajstić information content (AvgIpc) is 2.68. The third-order valence-electron chi connectivity index (χ3n) is 6.44. The van der Waals surface area contributed by atoms with E-state index < -0.39 is 5.97 Å². The Labute approximate surface area is 176 Å². The van der Waals surface area contributed by atoms with E-state index in [1.165, 1.54) is 5.56 Å². The summed E-state index contributed by atoms with van der Waals surface area (Å²) in [4.78, 5) is 34.5. The molecule has 0 unspecified atom stereocenters. The number of hydrogen-bond acceptors (Lipinski definition) is 5. The van der Waals surface area contributed by atoms with Crippen molar-refractivity contribution < 1.29 is 14.7 Å². The van der Waals surface area contributed by atoms with Crippen molar-refractivity contribution in [1.29, 1.82) is 0 Å². The first-order chi connectivity index (χ1) is 14.3. The molecule has 2 aromatic rings. The fraction of sp³-hybridized carbons (Fsp3) is 0.478. The molecular formula is C23H28N4O3. The van der Waals surface area contributed by atoms with Crippen LogP contribution in [-0.2, 0) is 11.2 Å². The third kappa shape index (κ3) is 3.88. The highest BCUT2D eigenvalue weighted by molar-refractivity contribution is 6.11. The average molecular weight is 409 g/mol. The Morgan fingerprint density at radius 1 is 1.17 bits per heavy atom. The Morgan fingerprint density at radius 2 is 1.83 bits per heavy atom. The van der Waals surface area contributed by atoms with Gasteiger partial charge in [0, 0.05) is 24.6 Å². The molecule has 0 bridgehead atoms. The van der Waals surface area contributed by atoms with Crippen molar-refractivity contribution in [2.45, 2.75) is 64.3 Å². The summed E-state index contributed by atoms with van der Waals surface area (Å²) in [5.74, 6) is 0.720. The highest BCUT2D eigenvalue weighted by Crippen LogP contribution is 2.38. The number of carbonyl (C=O) groups excluding carboxylic acids is 1. The fourth-order valence-corrected chi connectivity index (χ4v) is 4.95. The quantitative estimate of drug-likeness (QED) is 0.798. The van der Waals surface area contributed by atoms with Gasteiger partial charge < -0.3 is 15.7 Å². The van der Waals surface area contributed by atoms with Crippen molar-refractivity contribution in [3.63, 3.8) is 0 Å². The van der Waals surface area contributed by atoms with Gasteiger partial charge >= 0.3 is 5.97 Å². The number of amides is 1. The highest BCUT2D eigenvalue weighted by Gasteiger charge is 2.34. The number of rotatable bonds is 4. The lowest BCUT2D eigenvalue weighted by molar-refractivity contribution is -0.138. The Kier molecular flexibility index (Phi) is 5.45. The van der Waals surface area contributed by atoms with Gasteiger partial charge in [-0.2, -0.15) is 0 Å². The number of benzene rings is 1. The van der Waals surface area contributed by atoms with Crippen LogP contribution >= 0.6 is 0 Å². The molecule has 4 rings (SSSR count). The molecule has 1 amide bonds. The van der Waals surface area contributed by atoms with Crippen LogP contribution in [-0.4, -0.2) is 33.0 Å². The molecule has 2 aliphatic rings. The molecule has 7 heteroatoms. The molecule has 7 nitrogen and oxygen atoms in total. The number of hydrogen-bond donors (Lipinski definition) is 2. The molecule has 1 atom stereocenters. The van der Waals surface area contributed by atoms with E-state index in [0.717, 1.165) is 37.1 Å². The lowest BCUT2D eigenvalue weighted by atomic mass is 9.77. The van der Waals surface area contributed by atoms with Crippen LogP contribution in [0.2, 0.25) is 0 Å². The first-order valence-corrected chi connectivity index (χ1v) is 10.6. The zero-order valence-corrected chi connectivity index (χ0v) is 17.5. The predicted molar refractivity (Wildman–Crippen MR) is 115 cm³/mol. The lowest BCUT2D eigenvalue weighted by Gasteiger charge is -2.35. The molecule has 1 saturated carbocycles. The van der Waals surface area contributed by atoms with Crippen molar-refractivity contribution in [3.8, 4) is 0 Å². The van der Waals surface area contributed by atoms with Crippen LogP contribution in [0, 0.1) is 12.8 Å². The van der Waals surface area contributed by atoms with E-state index in [2.05, 4.69) is 22.1 Å². The van der Waals surface area contributed by atoms with Gasteiger partial charge in [-0.05, 0) is 69.1 Å². The van der Waals surface area contributed by atoms with Gasteiger partial charge in [-0.3, -0.25) is 9.59 Å². The topological polar surface area (TPSA) is 109 Å². The number of nitrogen functional groups attached to an aromatic ring is 1. The van der Waals surface area contributed by atoms with Crippen LogP contribution in [0.15, 0.2) is 24.3 Å². The van der Waals surface area contributed by atoms with Crippen LogP contribution in [0.3, 0.4) is 0 Å². The number of aryl methyl sites for hydroxylation is 1. The molecular weight excluding hydrogens is 380 g/mol. The maximum absolute atomic E-state index is 13.2. The number of aromatic nitrogens is 2. The standard InChI is InChI=1S/C23H28N4O3/c1-13-11-19-21(22(24)26-14(2)25-19)23(30)27(13)18-9-7-17(8-10-18)16-5-3-15(4-6-16)12-20(28)29/h7-10,13,15-16H,3-6,11-12H2,1-2H3,(H,28,29)(H2,24,25,26)/t13-,15?,16?/m1/s1. The van der Waals surface area contributed by atoms with Gasteiger partial charge in [0.25, 0.3) is 5.91 Å². The van der Waals surface area contributed by atoms with Gasteiger partial charge in [-0.15, -0.1) is 0 Å². The van der Waals surface area contributed by atoms with Gasteiger partial charge in [-0.25, -0.2) is 9.97 Å². The van der Waals surface area contributed by atoms with Crippen LogP contribution < -0.4 is 10.6 Å². The fourth-order valence-electron chi connectivity index (χ4n) is 4.95. The minimum absolute atomic E-state index is 0.0176. The smallest absolute Gasteiger partial charge is 0.303 e. The highest BCUT2D eigenvalue weighted by atomic mass is 16.4. The van der Waals surface area contributed by atoms with Gasteiger partial charge in [0.2, 0.25) is 0 Å². The molecule has 0 radical (unpaired) electrons. The number of nitrogens with zero attached hydrogens (tertiary/aromatic N) is 3. The zero-order valence-electron chi connectivity index (χ0n) is 17.5. The van der Waals surface area contributed by atoms with Crippen LogP contribution in [0.1, 0.15) is 72.4 Å². The first kappa shape index (κ1) is 20.3. The van der Waals surface area contributed by atoms with Crippen molar-refractivity contribution in [2.24, 2.45) is 5.92 Å². The maximum Gasteiger partial charge on any atom is 0.303 e. The van der Waals surface area contributed by atoms with Gasteiger partial charge in [0.1, 0.15) is 17.2 Å². The summed E-state index contributed by atoms with van der Waals surface area (Å²) in [6.07, 6.45) is 4.85. The Morgan fingerprint density at radius 3 is 2.47 bits per heavy atom. The van der Waals surface area contributed by atoms with E-state index in [4.69, 9.17) is 10.8 Å². The van der Waals surface area contributed by atoms with E-state index in [9.17, 15) is 9.59 Å². The molecule has 1 aromatic carbocycles. The summed E-state index contributed by atoms with van der Waals surface area (Å²) < 4.78 is 0. The molecule has 3 N–H and O–H groups in total. The van der Waals surface area contributed by atoms with E-state index in [0.29, 0.717) is 29.6 Å². The summed E-state index contributed by atoms with van der Waals surface area (Å²) in [6, 6.07) is 8.19. The van der Waals surface area contributed by atoms with E-state index in [1.54, 1.807) is 11.8 Å². The number of nitrogens with two attached hydrogens (primary N) is 1. The van der Waals surface area contributed by atoms with Crippen molar-refractivity contribution in [2.75, 3.05) is 10.6 Å². The van der Waals surface area contributed by atoms with Gasteiger partial charge in [-0.1, -0.05) is 12.1 Å². The van der Waals surface area contributed by atoms with Crippen LogP contribution in [0.25, 0.3) is 0 Å². The summed E-state index contributed by atoms with van der Waals surface area (Å²) in [7, 11) is 0. The van der Waals surface area contributed by atoms with Crippen LogP contribution in [0.4, 0.5) is 11.5 Å². The second-order valence-corrected chi connectivity index (χ2v) is 8.61. The molecule has 1 fully saturated rings. The molecule has 2 heterocycles. The predicted octanol–water partition coefficient (Wildman–Crippen LogP) is 3.71. The number of anilines is 2. The van der Waals surface area contributed by atoms with E-state index in [-0.39, 0.29) is 24.2 Å². The normalized spacial score (nSPS) is 23.9. The van der Waals surface area contributed by atoms with E-state index in [1.807, 2.05) is 19.1 Å². The summed E-state index contributed by atoms with van der Waals surface area (Å²) in [5, 5.41) is 8.99. The van der Waals surface area contributed by atoms with Crippen molar-refractivity contribution in [3.05, 3.63) is 46.9 Å². The minimum Gasteiger partial charge on any atom is -0.481 e. The summed E-state index contributed by atoms with van der Waals surface area (Å²) >= 11 is 0. The van der Waals surface area contributed by atoms with Gasteiger partial charge in [0.05, 0.1) is 5.69 Å². The number of aliphatic carboxylic acids is 1. The van der Waals surface area contributed by atoms with Crippen LogP contribution in [0.5, 0.6) is 0 Å². The summed E-state index contributed by atoms with van der Waals surface area (Å²) in [6.45, 7) is 3.80. The molecule has 158 valence electrons. The van der Waals surface area contributed by atoms with Gasteiger partial charge in [0.15, 0.2) is 0 Å². The Bertz CT molecular complexity index is 965. The molecule has 0 spiro atoms. The first-order valence-electron chi connectivity index (χ1n) is 10.6. The monoisotopic (exact) mass is 408 g/mol. The molecule has 1 aliphatic heterocycles. The molecule has 30 heavy (non-hydrogen) atoms. The molecule has 1 aromatic heterocycles. The molecule has 0 saturated heterocycles. The summed E-state index contributed by atoms with van der Waals surface area (Å²) in [5.41, 5.74) is 9.29. The number of carboxylic acid groups (broad SMARTS) is 1. The number of carbonyl (C=O) groups is 2. The Balaban J connectivity index is 1.50. The second kappa shape index (κ2) is 8.05. The second-order valence-electron chi connectivity index (χ2n) is 8.61. The minimum atomic E-state index is -0.703. The SMILES string of the molecule is Cc1nc(N)c2c(n1)C[C@@H](C)N(c1ccc(C3CCC(CC(=O)O)CC3)cc1)C2=O. The van der Waals surface area contributed by atoms with Crippen molar-refractivity contribution in [1.82, 2.24) is 9.97 Å². The Hall–Kier alpha value is -2.96. The maximum atomic E-state index is 13.2. The van der Waals surface area contributed by atoms with E-state index >= 15 is 0 Å². The lowest BCUT2D eigenvalue weighted by Crippen LogP contribution is -2.45. The largest absolute Gasteiger partial charge is 0.481 e. The number of fused-ring (bicyclic) bond motifs is 1. The zero-order chi connectivity index (χ0) is 21.4.